The van der Waals surface area contributed by atoms with E-state index >= 15 is 0 Å². The smallest absolute Gasteiger partial charge is 0.364 e. The highest BCUT2D eigenvalue weighted by Gasteiger charge is 2.55. The third-order valence-electron chi connectivity index (χ3n) is 6.86. The number of amides is 2. The van der Waals surface area contributed by atoms with Crippen molar-refractivity contribution in [1.82, 2.24) is 10.6 Å². The molecule has 0 spiro atoms. The second-order valence-electron chi connectivity index (χ2n) is 10.3. The lowest BCUT2D eigenvalue weighted by Crippen LogP contribution is -2.68. The van der Waals surface area contributed by atoms with Crippen LogP contribution in [0.25, 0.3) is 0 Å². The summed E-state index contributed by atoms with van der Waals surface area (Å²) >= 11 is 0. The third kappa shape index (κ3) is 10.9. The van der Waals surface area contributed by atoms with Crippen LogP contribution in [0.15, 0.2) is 48.5 Å². The molecule has 47 heavy (non-hydrogen) atoms. The largest absolute Gasteiger partial charge is 0.508 e. The standard InChI is InChI=1S/C31H38N2O14/c1-2-10-43-11-12-44-13-14-45-31(30(41)42)16-23(36)26(33-25(38)18-34)28(47-31)27(39)24(37)17-32-29(40)19-6-8-21(9-7-19)46-22-5-3-4-20(35)15-22/h1,3-9,15,23-24,26-28,34-37,39H,10-14,16-18H2,(H,32,40)(H,33,38)(H,41,42)/t23-,24+,26+,27+,28+,31+/m0/s1. The third-order valence-corrected chi connectivity index (χ3v) is 6.86. The average molecular weight is 663 g/mol. The first-order chi connectivity index (χ1) is 22.5. The van der Waals surface area contributed by atoms with Gasteiger partial charge in [-0.1, -0.05) is 12.0 Å². The van der Waals surface area contributed by atoms with Gasteiger partial charge in [0.25, 0.3) is 11.7 Å². The Morgan fingerprint density at radius 2 is 1.74 bits per heavy atom. The maximum absolute atomic E-state index is 12.7. The summed E-state index contributed by atoms with van der Waals surface area (Å²) in [5.41, 5.74) is 0.162. The molecule has 1 aliphatic rings. The number of phenolic OH excluding ortho intramolecular Hbond substituents is 1. The van der Waals surface area contributed by atoms with Crippen LogP contribution in [-0.4, -0.2) is 131 Å². The number of aliphatic hydroxyl groups is 4. The van der Waals surface area contributed by atoms with Crippen molar-refractivity contribution in [3.63, 3.8) is 0 Å². The number of aliphatic carboxylic acids is 1. The van der Waals surface area contributed by atoms with E-state index < -0.39 is 73.6 Å². The fraction of sp³-hybridized carbons (Fsp3) is 0.452. The van der Waals surface area contributed by atoms with Crippen molar-refractivity contribution in [1.29, 1.82) is 0 Å². The lowest BCUT2D eigenvalue weighted by molar-refractivity contribution is -0.312. The van der Waals surface area contributed by atoms with Crippen molar-refractivity contribution >= 4 is 17.8 Å². The van der Waals surface area contributed by atoms with Gasteiger partial charge in [-0.05, 0) is 36.4 Å². The molecular formula is C31H38N2O14. The van der Waals surface area contributed by atoms with E-state index in [0.29, 0.717) is 11.5 Å². The maximum atomic E-state index is 12.7. The quantitative estimate of drug-likeness (QED) is 0.0686. The summed E-state index contributed by atoms with van der Waals surface area (Å²) in [6.07, 6.45) is -2.88. The summed E-state index contributed by atoms with van der Waals surface area (Å²) in [7, 11) is 0. The Kier molecular flexibility index (Phi) is 14.3. The SMILES string of the molecule is C#CCOCCOCCO[C@]1(C(=O)O)C[C@H](O)[C@@H](NC(=O)CO)[C@H]([C@H](O)[C@H](O)CNC(=O)c2ccc(Oc3cccc(O)c3)cc2)O1. The van der Waals surface area contributed by atoms with Gasteiger partial charge in [0, 0.05) is 24.6 Å². The number of carbonyl (C=O) groups excluding carboxylic acids is 2. The number of hydrogen-bond donors (Lipinski definition) is 8. The minimum atomic E-state index is -2.53. The minimum absolute atomic E-state index is 0.0137. The van der Waals surface area contributed by atoms with E-state index in [9.17, 15) is 45.0 Å². The normalized spacial score (nSPS) is 22.0. The van der Waals surface area contributed by atoms with Gasteiger partial charge in [0.1, 0.15) is 42.7 Å². The number of benzene rings is 2. The van der Waals surface area contributed by atoms with Crippen LogP contribution >= 0.6 is 0 Å². The number of rotatable bonds is 18. The topological polar surface area (TPSA) is 243 Å². The molecule has 16 heteroatoms. The molecule has 2 amide bonds. The van der Waals surface area contributed by atoms with Crippen LogP contribution in [0.5, 0.6) is 17.2 Å². The van der Waals surface area contributed by atoms with Gasteiger partial charge in [-0.3, -0.25) is 9.59 Å². The number of nitrogens with one attached hydrogen (secondary N) is 2. The highest BCUT2D eigenvalue weighted by Crippen LogP contribution is 2.33. The minimum Gasteiger partial charge on any atom is -0.508 e. The Labute approximate surface area is 269 Å². The Morgan fingerprint density at radius 3 is 2.40 bits per heavy atom. The van der Waals surface area contributed by atoms with Gasteiger partial charge in [0.2, 0.25) is 5.91 Å². The second-order valence-corrected chi connectivity index (χ2v) is 10.3. The van der Waals surface area contributed by atoms with Crippen molar-refractivity contribution in [2.45, 2.75) is 42.7 Å². The average Bonchev–Trinajstić information content (AvgIpc) is 3.05. The first kappa shape index (κ1) is 37.2. The molecule has 0 aromatic heterocycles. The molecule has 0 saturated carbocycles. The molecule has 6 atom stereocenters. The molecule has 0 bridgehead atoms. The first-order valence-corrected chi connectivity index (χ1v) is 14.4. The summed E-state index contributed by atoms with van der Waals surface area (Å²) in [5.74, 6) is -2.78. The van der Waals surface area contributed by atoms with Gasteiger partial charge in [-0.2, -0.15) is 0 Å². The van der Waals surface area contributed by atoms with Crippen molar-refractivity contribution in [3.8, 4) is 29.6 Å². The molecule has 1 saturated heterocycles. The molecule has 1 fully saturated rings. The Bertz CT molecular complexity index is 1370. The number of carboxylic acids is 1. The van der Waals surface area contributed by atoms with Crippen LogP contribution in [0.2, 0.25) is 0 Å². The highest BCUT2D eigenvalue weighted by atomic mass is 16.7. The molecular weight excluding hydrogens is 624 g/mol. The summed E-state index contributed by atoms with van der Waals surface area (Å²) < 4.78 is 27.1. The molecule has 8 N–H and O–H groups in total. The Balaban J connectivity index is 1.64. The fourth-order valence-corrected chi connectivity index (χ4v) is 4.56. The molecule has 256 valence electrons. The van der Waals surface area contributed by atoms with E-state index in [1.807, 2.05) is 0 Å². The Hall–Kier alpha value is -4.31. The number of terminal acetylenes is 1. The molecule has 2 aromatic rings. The molecule has 1 heterocycles. The second kappa shape index (κ2) is 18.1. The molecule has 16 nitrogen and oxygen atoms in total. The predicted molar refractivity (Wildman–Crippen MR) is 160 cm³/mol. The summed E-state index contributed by atoms with van der Waals surface area (Å²) in [5, 5.41) is 66.1. The number of ether oxygens (including phenoxy) is 5. The summed E-state index contributed by atoms with van der Waals surface area (Å²) in [6.45, 7) is -1.60. The number of phenols is 1. The fourth-order valence-electron chi connectivity index (χ4n) is 4.56. The zero-order valence-electron chi connectivity index (χ0n) is 25.2. The van der Waals surface area contributed by atoms with Crippen LogP contribution in [0.1, 0.15) is 16.8 Å². The van der Waals surface area contributed by atoms with Gasteiger partial charge < -0.3 is 65.0 Å². The Morgan fingerprint density at radius 1 is 1.04 bits per heavy atom. The van der Waals surface area contributed by atoms with E-state index in [4.69, 9.17) is 30.1 Å². The zero-order chi connectivity index (χ0) is 34.4. The lowest BCUT2D eigenvalue weighted by Gasteiger charge is -2.46. The first-order valence-electron chi connectivity index (χ1n) is 14.4. The monoisotopic (exact) mass is 662 g/mol. The van der Waals surface area contributed by atoms with Gasteiger partial charge in [0.15, 0.2) is 0 Å². The van der Waals surface area contributed by atoms with E-state index in [0.717, 1.165) is 0 Å². The molecule has 3 rings (SSSR count). The maximum Gasteiger partial charge on any atom is 0.364 e. The van der Waals surface area contributed by atoms with E-state index in [2.05, 4.69) is 16.6 Å². The molecule has 2 aromatic carbocycles. The van der Waals surface area contributed by atoms with Crippen LogP contribution < -0.4 is 15.4 Å². The summed E-state index contributed by atoms with van der Waals surface area (Å²) in [6, 6.07) is 10.5. The van der Waals surface area contributed by atoms with Crippen molar-refractivity contribution in [2.24, 2.45) is 0 Å². The highest BCUT2D eigenvalue weighted by molar-refractivity contribution is 5.94. The molecule has 0 unspecified atom stereocenters. The molecule has 0 radical (unpaired) electrons. The predicted octanol–water partition coefficient (Wildman–Crippen LogP) is -1.27. The van der Waals surface area contributed by atoms with Crippen LogP contribution in [0.3, 0.4) is 0 Å². The van der Waals surface area contributed by atoms with Crippen LogP contribution in [0.4, 0.5) is 0 Å². The van der Waals surface area contributed by atoms with E-state index in [1.165, 1.54) is 36.4 Å². The van der Waals surface area contributed by atoms with Crippen molar-refractivity contribution in [3.05, 3.63) is 54.1 Å². The number of aliphatic hydroxyl groups excluding tert-OH is 4. The molecule has 1 aliphatic heterocycles. The van der Waals surface area contributed by atoms with Crippen molar-refractivity contribution < 1.29 is 68.7 Å². The number of hydrogen-bond acceptors (Lipinski definition) is 13. The lowest BCUT2D eigenvalue weighted by atomic mass is 9.88. The van der Waals surface area contributed by atoms with E-state index in [-0.39, 0.29) is 44.3 Å². The molecule has 0 aliphatic carbocycles. The van der Waals surface area contributed by atoms with E-state index in [1.54, 1.807) is 12.1 Å². The van der Waals surface area contributed by atoms with Gasteiger partial charge in [-0.15, -0.1) is 6.42 Å². The van der Waals surface area contributed by atoms with Gasteiger partial charge in [-0.25, -0.2) is 4.79 Å². The van der Waals surface area contributed by atoms with Crippen molar-refractivity contribution in [2.75, 3.05) is 46.2 Å². The zero-order valence-corrected chi connectivity index (χ0v) is 25.2. The van der Waals surface area contributed by atoms with Crippen LogP contribution in [0, 0.1) is 12.3 Å². The number of carboxylic acid groups (broad SMARTS) is 1. The van der Waals surface area contributed by atoms with Crippen LogP contribution in [-0.2, 0) is 28.5 Å². The van der Waals surface area contributed by atoms with Gasteiger partial charge in [0.05, 0.1) is 44.7 Å². The summed E-state index contributed by atoms with van der Waals surface area (Å²) in [4.78, 5) is 37.0. The number of carbonyl (C=O) groups is 3. The number of aromatic hydroxyl groups is 1. The van der Waals surface area contributed by atoms with Gasteiger partial charge >= 0.3 is 5.97 Å².